The topological polar surface area (TPSA) is 33.4 Å². The van der Waals surface area contributed by atoms with Crippen LogP contribution >= 0.6 is 0 Å². The number of aliphatic imine (C=N–C) groups is 1. The van der Waals surface area contributed by atoms with Crippen molar-refractivity contribution in [2.75, 3.05) is 20.1 Å². The van der Waals surface area contributed by atoms with E-state index in [2.05, 4.69) is 21.9 Å². The Kier molecular flexibility index (Phi) is 2.52. The van der Waals surface area contributed by atoms with Gasteiger partial charge in [-0.25, -0.2) is 4.98 Å². The largest absolute Gasteiger partial charge is 0.363 e. The third-order valence-corrected chi connectivity index (χ3v) is 2.62. The summed E-state index contributed by atoms with van der Waals surface area (Å²) >= 11 is 0. The summed E-state index contributed by atoms with van der Waals surface area (Å²) in [5.41, 5.74) is 0. The number of aromatic nitrogens is 2. The van der Waals surface area contributed by atoms with Crippen LogP contribution in [0.25, 0.3) is 0 Å². The predicted octanol–water partition coefficient (Wildman–Crippen LogP) is 0.697. The fourth-order valence-corrected chi connectivity index (χ4v) is 1.66. The van der Waals surface area contributed by atoms with Crippen molar-refractivity contribution in [2.45, 2.75) is 12.8 Å². The number of amidine groups is 1. The van der Waals surface area contributed by atoms with E-state index in [1.165, 1.54) is 6.42 Å². The van der Waals surface area contributed by atoms with Crippen molar-refractivity contribution < 1.29 is 0 Å². The summed E-state index contributed by atoms with van der Waals surface area (Å²) in [4.78, 5) is 11.0. The molecule has 0 N–H and O–H groups in total. The molecule has 0 saturated carbocycles. The van der Waals surface area contributed by atoms with Crippen LogP contribution in [0.2, 0.25) is 0 Å². The van der Waals surface area contributed by atoms with E-state index in [0.29, 0.717) is 0 Å². The van der Waals surface area contributed by atoms with Gasteiger partial charge in [0.05, 0.1) is 6.42 Å². The van der Waals surface area contributed by atoms with Crippen molar-refractivity contribution in [3.05, 3.63) is 18.2 Å². The third kappa shape index (κ3) is 1.78. The van der Waals surface area contributed by atoms with Gasteiger partial charge in [-0.1, -0.05) is 0 Å². The summed E-state index contributed by atoms with van der Waals surface area (Å²) < 4.78 is 2.05. The number of likely N-dealkylation sites (N-methyl/N-ethyl adjacent to an activating group) is 1. The van der Waals surface area contributed by atoms with Gasteiger partial charge in [-0.3, -0.25) is 4.99 Å². The summed E-state index contributed by atoms with van der Waals surface area (Å²) in [6.07, 6.45) is 5.82. The van der Waals surface area contributed by atoms with E-state index in [-0.39, 0.29) is 0 Å². The number of imidazole rings is 1. The Morgan fingerprint density at radius 1 is 1.43 bits per heavy atom. The molecule has 0 unspecified atom stereocenters. The van der Waals surface area contributed by atoms with Crippen LogP contribution in [0.4, 0.5) is 0 Å². The van der Waals surface area contributed by atoms with Gasteiger partial charge in [0.25, 0.3) is 0 Å². The van der Waals surface area contributed by atoms with E-state index in [4.69, 9.17) is 0 Å². The fourth-order valence-electron chi connectivity index (χ4n) is 1.66. The summed E-state index contributed by atoms with van der Waals surface area (Å²) in [5.74, 6) is 2.24. The SMILES string of the molecule is CN1CCCN=C1Cc1nccn1C. The van der Waals surface area contributed by atoms with Crippen molar-refractivity contribution in [1.29, 1.82) is 0 Å². The van der Waals surface area contributed by atoms with Gasteiger partial charge in [0.15, 0.2) is 0 Å². The highest BCUT2D eigenvalue weighted by Gasteiger charge is 2.13. The van der Waals surface area contributed by atoms with Gasteiger partial charge in [0.1, 0.15) is 11.7 Å². The molecule has 0 aromatic carbocycles. The third-order valence-electron chi connectivity index (χ3n) is 2.62. The van der Waals surface area contributed by atoms with Crippen LogP contribution in [-0.4, -0.2) is 40.4 Å². The molecule has 0 aliphatic carbocycles. The van der Waals surface area contributed by atoms with Crippen LogP contribution in [-0.2, 0) is 13.5 Å². The lowest BCUT2D eigenvalue weighted by molar-refractivity contribution is 0.457. The molecule has 0 bridgehead atoms. The van der Waals surface area contributed by atoms with Crippen LogP contribution in [0, 0.1) is 0 Å². The van der Waals surface area contributed by atoms with Crippen molar-refractivity contribution in [2.24, 2.45) is 12.0 Å². The van der Waals surface area contributed by atoms with E-state index in [1.54, 1.807) is 0 Å². The number of hydrogen-bond donors (Lipinski definition) is 0. The van der Waals surface area contributed by atoms with Crippen LogP contribution in [0.1, 0.15) is 12.2 Å². The van der Waals surface area contributed by atoms with E-state index in [9.17, 15) is 0 Å². The Balaban J connectivity index is 2.10. The second kappa shape index (κ2) is 3.82. The highest BCUT2D eigenvalue weighted by Crippen LogP contribution is 2.05. The molecule has 1 aliphatic heterocycles. The van der Waals surface area contributed by atoms with Gasteiger partial charge >= 0.3 is 0 Å². The van der Waals surface area contributed by atoms with Crippen LogP contribution in [0.15, 0.2) is 17.4 Å². The molecule has 2 rings (SSSR count). The summed E-state index contributed by atoms with van der Waals surface area (Å²) in [6.45, 7) is 2.08. The smallest absolute Gasteiger partial charge is 0.115 e. The molecule has 0 spiro atoms. The average Bonchev–Trinajstić information content (AvgIpc) is 2.56. The van der Waals surface area contributed by atoms with Crippen LogP contribution < -0.4 is 0 Å². The maximum Gasteiger partial charge on any atom is 0.115 e. The van der Waals surface area contributed by atoms with E-state index >= 15 is 0 Å². The Bertz CT molecular complexity index is 340. The molecule has 4 heteroatoms. The predicted molar refractivity (Wildman–Crippen MR) is 56.5 cm³/mol. The first-order chi connectivity index (χ1) is 6.77. The summed E-state index contributed by atoms with van der Waals surface area (Å²) in [7, 11) is 4.12. The van der Waals surface area contributed by atoms with Gasteiger partial charge in [0.2, 0.25) is 0 Å². The van der Waals surface area contributed by atoms with Crippen LogP contribution in [0.3, 0.4) is 0 Å². The molecule has 0 atom stereocenters. The number of hydrogen-bond acceptors (Lipinski definition) is 3. The molecule has 1 aromatic rings. The molecular weight excluding hydrogens is 176 g/mol. The van der Waals surface area contributed by atoms with Gasteiger partial charge in [-0.15, -0.1) is 0 Å². The first-order valence-electron chi connectivity index (χ1n) is 4.98. The first kappa shape index (κ1) is 9.24. The molecule has 2 heterocycles. The molecule has 4 nitrogen and oxygen atoms in total. The molecule has 1 aromatic heterocycles. The normalized spacial score (nSPS) is 17.0. The molecule has 0 saturated heterocycles. The number of rotatable bonds is 2. The second-order valence-corrected chi connectivity index (χ2v) is 3.70. The van der Waals surface area contributed by atoms with E-state index in [1.807, 2.05) is 24.0 Å². The zero-order valence-corrected chi connectivity index (χ0v) is 8.77. The van der Waals surface area contributed by atoms with Gasteiger partial charge in [-0.05, 0) is 6.42 Å². The minimum atomic E-state index is 0.847. The Morgan fingerprint density at radius 2 is 2.29 bits per heavy atom. The first-order valence-corrected chi connectivity index (χ1v) is 4.98. The minimum absolute atomic E-state index is 0.847. The Hall–Kier alpha value is -1.32. The Morgan fingerprint density at radius 3 is 2.93 bits per heavy atom. The molecule has 1 aliphatic rings. The zero-order valence-electron chi connectivity index (χ0n) is 8.77. The van der Waals surface area contributed by atoms with Crippen molar-refractivity contribution in [3.63, 3.8) is 0 Å². The highest BCUT2D eigenvalue weighted by molar-refractivity contribution is 5.84. The molecule has 0 fully saturated rings. The van der Waals surface area contributed by atoms with Gasteiger partial charge < -0.3 is 9.47 Å². The zero-order chi connectivity index (χ0) is 9.97. The highest BCUT2D eigenvalue weighted by atomic mass is 15.2. The molecule has 76 valence electrons. The molecule has 14 heavy (non-hydrogen) atoms. The monoisotopic (exact) mass is 192 g/mol. The van der Waals surface area contributed by atoms with Crippen molar-refractivity contribution >= 4 is 5.84 Å². The minimum Gasteiger partial charge on any atom is -0.363 e. The van der Waals surface area contributed by atoms with Crippen molar-refractivity contribution in [1.82, 2.24) is 14.5 Å². The summed E-state index contributed by atoms with van der Waals surface area (Å²) in [5, 5.41) is 0. The maximum atomic E-state index is 4.52. The fraction of sp³-hybridized carbons (Fsp3) is 0.600. The van der Waals surface area contributed by atoms with Gasteiger partial charge in [-0.2, -0.15) is 0 Å². The van der Waals surface area contributed by atoms with Crippen LogP contribution in [0.5, 0.6) is 0 Å². The standard InChI is InChI=1S/C10H16N4/c1-13-6-3-4-11-9(13)8-10-12-5-7-14(10)2/h5,7H,3-4,6,8H2,1-2H3. The number of aryl methyl sites for hydroxylation is 1. The van der Waals surface area contributed by atoms with Crippen molar-refractivity contribution in [3.8, 4) is 0 Å². The lowest BCUT2D eigenvalue weighted by Crippen LogP contribution is -2.34. The van der Waals surface area contributed by atoms with E-state index < -0.39 is 0 Å². The molecule has 0 radical (unpaired) electrons. The lowest BCUT2D eigenvalue weighted by Gasteiger charge is -2.24. The lowest BCUT2D eigenvalue weighted by atomic mass is 10.2. The summed E-state index contributed by atoms with van der Waals surface area (Å²) in [6, 6.07) is 0. The Labute approximate surface area is 84.3 Å². The number of nitrogens with zero attached hydrogens (tertiary/aromatic N) is 4. The van der Waals surface area contributed by atoms with Gasteiger partial charge in [0, 0.05) is 39.6 Å². The average molecular weight is 192 g/mol. The quantitative estimate of drug-likeness (QED) is 0.691. The molecule has 0 amide bonds. The molecular formula is C10H16N4. The van der Waals surface area contributed by atoms with E-state index in [0.717, 1.165) is 31.2 Å². The maximum absolute atomic E-state index is 4.52. The second-order valence-electron chi connectivity index (χ2n) is 3.70.